The Labute approximate surface area is 136 Å². The third kappa shape index (κ3) is 4.12. The van der Waals surface area contributed by atoms with Crippen LogP contribution in [0.2, 0.25) is 0 Å². The van der Waals surface area contributed by atoms with Gasteiger partial charge in [0.25, 0.3) is 0 Å². The number of carbonyl (C=O) groups is 2. The van der Waals surface area contributed by atoms with Gasteiger partial charge in [-0.3, -0.25) is 9.59 Å². The van der Waals surface area contributed by atoms with Gasteiger partial charge in [-0.15, -0.1) is 0 Å². The van der Waals surface area contributed by atoms with Crippen molar-refractivity contribution in [2.24, 2.45) is 5.10 Å². The summed E-state index contributed by atoms with van der Waals surface area (Å²) < 4.78 is 19.7. The van der Waals surface area contributed by atoms with Crippen molar-refractivity contribution in [2.45, 2.75) is 13.5 Å². The first-order chi connectivity index (χ1) is 11.5. The van der Waals surface area contributed by atoms with E-state index < -0.39 is 17.8 Å². The highest BCUT2D eigenvalue weighted by Crippen LogP contribution is 2.10. The van der Waals surface area contributed by atoms with E-state index in [1.54, 1.807) is 6.92 Å². The Morgan fingerprint density at radius 3 is 2.75 bits per heavy atom. The lowest BCUT2D eigenvalue weighted by Crippen LogP contribution is -2.32. The number of ether oxygens (including phenoxy) is 1. The highest BCUT2D eigenvalue weighted by molar-refractivity contribution is 6.39. The van der Waals surface area contributed by atoms with Crippen molar-refractivity contribution in [2.75, 3.05) is 12.4 Å². The highest BCUT2D eigenvalue weighted by Gasteiger charge is 2.13. The third-order valence-corrected chi connectivity index (χ3v) is 2.88. The summed E-state index contributed by atoms with van der Waals surface area (Å²) in [4.78, 5) is 27.2. The molecular formula is C14H15FN6O3. The van der Waals surface area contributed by atoms with Gasteiger partial charge in [0.1, 0.15) is 0 Å². The standard InChI is InChI=1S/C14H15FN6O3/c1-3-21-12(15)9(7-18-21)6-17-20-14(23)13(22)19-10-4-5-11(24-2)16-8-10/h4-8H,3H2,1-2H3,(H,19,22)(H,20,23). The highest BCUT2D eigenvalue weighted by atomic mass is 19.1. The van der Waals surface area contributed by atoms with Crippen molar-refractivity contribution in [1.29, 1.82) is 0 Å². The summed E-state index contributed by atoms with van der Waals surface area (Å²) in [6.07, 6.45) is 3.66. The van der Waals surface area contributed by atoms with Gasteiger partial charge in [0.05, 0.1) is 37.0 Å². The molecule has 0 aliphatic heterocycles. The van der Waals surface area contributed by atoms with E-state index in [1.807, 2.05) is 5.43 Å². The zero-order valence-corrected chi connectivity index (χ0v) is 13.0. The molecular weight excluding hydrogens is 319 g/mol. The van der Waals surface area contributed by atoms with Crippen molar-refractivity contribution in [3.05, 3.63) is 36.0 Å². The summed E-state index contributed by atoms with van der Waals surface area (Å²) in [5.74, 6) is -2.16. The first-order valence-corrected chi connectivity index (χ1v) is 6.91. The van der Waals surface area contributed by atoms with E-state index >= 15 is 0 Å². The zero-order valence-electron chi connectivity index (χ0n) is 13.0. The molecule has 9 nitrogen and oxygen atoms in total. The number of halogens is 1. The molecule has 2 N–H and O–H groups in total. The minimum Gasteiger partial charge on any atom is -0.481 e. The number of hydrogen-bond acceptors (Lipinski definition) is 6. The quantitative estimate of drug-likeness (QED) is 0.471. The maximum Gasteiger partial charge on any atom is 0.329 e. The fraction of sp³-hybridized carbons (Fsp3) is 0.214. The number of aromatic nitrogens is 3. The lowest BCUT2D eigenvalue weighted by atomic mass is 10.4. The Kier molecular flexibility index (Phi) is 5.55. The minimum absolute atomic E-state index is 0.0944. The van der Waals surface area contributed by atoms with Crippen LogP contribution in [0.5, 0.6) is 5.88 Å². The Balaban J connectivity index is 1.90. The summed E-state index contributed by atoms with van der Waals surface area (Å²) in [5, 5.41) is 9.64. The van der Waals surface area contributed by atoms with Gasteiger partial charge >= 0.3 is 11.8 Å². The molecule has 0 aliphatic carbocycles. The van der Waals surface area contributed by atoms with E-state index in [-0.39, 0.29) is 5.56 Å². The molecule has 2 amide bonds. The maximum atomic E-state index is 13.7. The average molecular weight is 334 g/mol. The van der Waals surface area contributed by atoms with Crippen LogP contribution in [-0.2, 0) is 16.1 Å². The molecule has 0 atom stereocenters. The molecule has 0 aromatic carbocycles. The topological polar surface area (TPSA) is 110 Å². The SMILES string of the molecule is CCn1ncc(C=NNC(=O)C(=O)Nc2ccc(OC)nc2)c1F. The van der Waals surface area contributed by atoms with Crippen LogP contribution < -0.4 is 15.5 Å². The summed E-state index contributed by atoms with van der Waals surface area (Å²) in [6, 6.07) is 3.05. The van der Waals surface area contributed by atoms with E-state index in [9.17, 15) is 14.0 Å². The number of pyridine rings is 1. The molecule has 24 heavy (non-hydrogen) atoms. The number of rotatable bonds is 5. The summed E-state index contributed by atoms with van der Waals surface area (Å²) in [7, 11) is 1.46. The Hall–Kier alpha value is -3.30. The number of hydrazone groups is 1. The van der Waals surface area contributed by atoms with Crippen LogP contribution in [0.4, 0.5) is 10.1 Å². The predicted molar refractivity (Wildman–Crippen MR) is 83.0 cm³/mol. The molecule has 10 heteroatoms. The molecule has 2 rings (SSSR count). The Morgan fingerprint density at radius 1 is 1.38 bits per heavy atom. The molecule has 0 saturated carbocycles. The second-order valence-electron chi connectivity index (χ2n) is 4.45. The van der Waals surface area contributed by atoms with Crippen LogP contribution >= 0.6 is 0 Å². The first kappa shape index (κ1) is 17.1. The molecule has 0 fully saturated rings. The van der Waals surface area contributed by atoms with Gasteiger partial charge in [-0.1, -0.05) is 0 Å². The van der Waals surface area contributed by atoms with Crippen molar-refractivity contribution < 1.29 is 18.7 Å². The molecule has 126 valence electrons. The predicted octanol–water partition coefficient (Wildman–Crippen LogP) is 0.534. The number of nitrogens with zero attached hydrogens (tertiary/aromatic N) is 4. The summed E-state index contributed by atoms with van der Waals surface area (Å²) in [6.45, 7) is 2.10. The fourth-order valence-electron chi connectivity index (χ4n) is 1.67. The largest absolute Gasteiger partial charge is 0.481 e. The van der Waals surface area contributed by atoms with Gasteiger partial charge in [0, 0.05) is 12.6 Å². The Morgan fingerprint density at radius 2 is 2.17 bits per heavy atom. The summed E-state index contributed by atoms with van der Waals surface area (Å²) in [5.41, 5.74) is 2.41. The van der Waals surface area contributed by atoms with Crippen molar-refractivity contribution in [3.8, 4) is 5.88 Å². The molecule has 2 aromatic rings. The normalized spacial score (nSPS) is 10.6. The molecule has 0 bridgehead atoms. The first-order valence-electron chi connectivity index (χ1n) is 6.91. The van der Waals surface area contributed by atoms with Gasteiger partial charge in [0.15, 0.2) is 0 Å². The van der Waals surface area contributed by atoms with Crippen molar-refractivity contribution in [1.82, 2.24) is 20.2 Å². The smallest absolute Gasteiger partial charge is 0.329 e. The second kappa shape index (κ2) is 7.81. The van der Waals surface area contributed by atoms with Crippen LogP contribution in [0.3, 0.4) is 0 Å². The molecule has 2 aromatic heterocycles. The lowest BCUT2D eigenvalue weighted by molar-refractivity contribution is -0.136. The van der Waals surface area contributed by atoms with E-state index in [2.05, 4.69) is 20.5 Å². The second-order valence-corrected chi connectivity index (χ2v) is 4.45. The minimum atomic E-state index is -1.01. The maximum absolute atomic E-state index is 13.7. The van der Waals surface area contributed by atoms with Crippen LogP contribution in [0.15, 0.2) is 29.6 Å². The number of hydrogen-bond donors (Lipinski definition) is 2. The molecule has 0 aliphatic rings. The lowest BCUT2D eigenvalue weighted by Gasteiger charge is -2.04. The van der Waals surface area contributed by atoms with Crippen LogP contribution in [-0.4, -0.2) is 39.9 Å². The monoisotopic (exact) mass is 334 g/mol. The van der Waals surface area contributed by atoms with Gasteiger partial charge in [-0.25, -0.2) is 15.1 Å². The molecule has 0 unspecified atom stereocenters. The average Bonchev–Trinajstić information content (AvgIpc) is 2.95. The van der Waals surface area contributed by atoms with Crippen LogP contribution in [0, 0.1) is 5.95 Å². The van der Waals surface area contributed by atoms with Gasteiger partial charge in [-0.2, -0.15) is 14.6 Å². The third-order valence-electron chi connectivity index (χ3n) is 2.88. The van der Waals surface area contributed by atoms with Crippen molar-refractivity contribution >= 4 is 23.7 Å². The van der Waals surface area contributed by atoms with E-state index in [1.165, 1.54) is 31.6 Å². The van der Waals surface area contributed by atoms with Gasteiger partial charge in [0.2, 0.25) is 11.8 Å². The van der Waals surface area contributed by atoms with E-state index in [0.29, 0.717) is 18.1 Å². The molecule has 0 spiro atoms. The summed E-state index contributed by atoms with van der Waals surface area (Å²) >= 11 is 0. The molecule has 0 saturated heterocycles. The van der Waals surface area contributed by atoms with Crippen molar-refractivity contribution in [3.63, 3.8) is 0 Å². The van der Waals surface area contributed by atoms with E-state index in [4.69, 9.17) is 4.74 Å². The van der Waals surface area contributed by atoms with Gasteiger partial charge < -0.3 is 10.1 Å². The van der Waals surface area contributed by atoms with E-state index in [0.717, 1.165) is 10.9 Å². The number of anilines is 1. The molecule has 0 radical (unpaired) electrons. The Bertz CT molecular complexity index is 756. The number of aryl methyl sites for hydroxylation is 1. The van der Waals surface area contributed by atoms with Crippen LogP contribution in [0.25, 0.3) is 0 Å². The number of amides is 2. The number of carbonyl (C=O) groups excluding carboxylic acids is 2. The van der Waals surface area contributed by atoms with Crippen LogP contribution in [0.1, 0.15) is 12.5 Å². The molecule has 2 heterocycles. The fourth-order valence-corrected chi connectivity index (χ4v) is 1.67. The number of nitrogens with one attached hydrogen (secondary N) is 2. The number of methoxy groups -OCH3 is 1. The van der Waals surface area contributed by atoms with Gasteiger partial charge in [-0.05, 0) is 13.0 Å². The zero-order chi connectivity index (χ0) is 17.5.